The summed E-state index contributed by atoms with van der Waals surface area (Å²) in [4.78, 5) is 37.5. The number of carbonyl (C=O) groups excluding carboxylic acids is 2. The molecule has 0 bridgehead atoms. The second-order valence-electron chi connectivity index (χ2n) is 6.59. The number of hydrogen-bond donors (Lipinski definition) is 0. The zero-order valence-corrected chi connectivity index (χ0v) is 17.6. The number of carbonyl (C=O) groups is 2. The minimum Gasteiger partial charge on any atom is -0.456 e. The van der Waals surface area contributed by atoms with Gasteiger partial charge in [-0.05, 0) is 30.2 Å². The molecule has 2 aromatic carbocycles. The van der Waals surface area contributed by atoms with Crippen LogP contribution >= 0.6 is 15.9 Å². The number of benzene rings is 2. The molecule has 152 valence electrons. The van der Waals surface area contributed by atoms with Crippen molar-refractivity contribution in [2.24, 2.45) is 0 Å². The van der Waals surface area contributed by atoms with E-state index >= 15 is 0 Å². The lowest BCUT2D eigenvalue weighted by molar-refractivity contribution is -0.151. The third-order valence-electron chi connectivity index (χ3n) is 4.48. The van der Waals surface area contributed by atoms with Crippen LogP contribution in [0.15, 0.2) is 62.2 Å². The average Bonchev–Trinajstić information content (AvgIpc) is 3.03. The van der Waals surface area contributed by atoms with Gasteiger partial charge >= 0.3 is 11.7 Å². The van der Waals surface area contributed by atoms with Gasteiger partial charge < -0.3 is 14.1 Å². The molecule has 0 saturated heterocycles. The highest BCUT2D eigenvalue weighted by Crippen LogP contribution is 2.17. The number of nitrogens with zero attached hydrogens (tertiary/aromatic N) is 2. The number of aromatic nitrogens is 1. The first-order valence-electron chi connectivity index (χ1n) is 9.17. The lowest BCUT2D eigenvalue weighted by Crippen LogP contribution is -2.31. The van der Waals surface area contributed by atoms with Crippen LogP contribution < -0.4 is 5.76 Å². The maximum Gasteiger partial charge on any atom is 0.419 e. The molecule has 1 heterocycles. The van der Waals surface area contributed by atoms with Crippen molar-refractivity contribution in [2.75, 3.05) is 13.7 Å². The Hall–Kier alpha value is -2.87. The Bertz CT molecular complexity index is 1070. The summed E-state index contributed by atoms with van der Waals surface area (Å²) in [7, 11) is 1.66. The van der Waals surface area contributed by atoms with Gasteiger partial charge in [-0.3, -0.25) is 14.2 Å². The standard InChI is InChI=1S/C21H21BrN2O5/c1-23(13-15-7-2-3-8-16(15)22)19(25)14-28-20(26)11-6-12-24-17-9-4-5-10-18(17)29-21(24)27/h2-5,7-10H,6,11-14H2,1H3. The highest BCUT2D eigenvalue weighted by molar-refractivity contribution is 9.10. The Morgan fingerprint density at radius 1 is 1.14 bits per heavy atom. The molecule has 0 spiro atoms. The second-order valence-corrected chi connectivity index (χ2v) is 7.45. The number of likely N-dealkylation sites (N-methyl/N-ethyl adjacent to an activating group) is 1. The van der Waals surface area contributed by atoms with Crippen molar-refractivity contribution in [1.29, 1.82) is 0 Å². The fraction of sp³-hybridized carbons (Fsp3) is 0.286. The van der Waals surface area contributed by atoms with Crippen LogP contribution in [0, 0.1) is 0 Å². The molecule has 0 aliphatic carbocycles. The Morgan fingerprint density at radius 2 is 1.86 bits per heavy atom. The molecular weight excluding hydrogens is 440 g/mol. The fourth-order valence-corrected chi connectivity index (χ4v) is 3.31. The van der Waals surface area contributed by atoms with E-state index in [2.05, 4.69) is 15.9 Å². The molecular formula is C21H21BrN2O5. The number of halogens is 1. The molecule has 1 amide bonds. The third kappa shape index (κ3) is 5.35. The van der Waals surface area contributed by atoms with Crippen molar-refractivity contribution in [3.63, 3.8) is 0 Å². The SMILES string of the molecule is CN(Cc1ccccc1Br)C(=O)COC(=O)CCCn1c(=O)oc2ccccc21. The predicted molar refractivity (Wildman–Crippen MR) is 111 cm³/mol. The first-order chi connectivity index (χ1) is 14.0. The number of amides is 1. The van der Waals surface area contributed by atoms with Gasteiger partial charge in [-0.1, -0.05) is 46.3 Å². The Morgan fingerprint density at radius 3 is 2.66 bits per heavy atom. The number of esters is 1. The largest absolute Gasteiger partial charge is 0.456 e. The van der Waals surface area contributed by atoms with E-state index in [1.54, 1.807) is 25.2 Å². The Kier molecular flexibility index (Phi) is 6.87. The van der Waals surface area contributed by atoms with Gasteiger partial charge in [0.1, 0.15) is 0 Å². The van der Waals surface area contributed by atoms with Gasteiger partial charge in [0.05, 0.1) is 5.52 Å². The number of oxazole rings is 1. The molecule has 7 nitrogen and oxygen atoms in total. The highest BCUT2D eigenvalue weighted by atomic mass is 79.9. The molecule has 29 heavy (non-hydrogen) atoms. The van der Waals surface area contributed by atoms with Crippen LogP contribution in [0.1, 0.15) is 18.4 Å². The zero-order chi connectivity index (χ0) is 20.8. The van der Waals surface area contributed by atoms with Crippen LogP contribution in [0.25, 0.3) is 11.1 Å². The van der Waals surface area contributed by atoms with Gasteiger partial charge in [-0.15, -0.1) is 0 Å². The van der Waals surface area contributed by atoms with Crippen LogP contribution in [-0.4, -0.2) is 35.0 Å². The highest BCUT2D eigenvalue weighted by Gasteiger charge is 2.14. The Labute approximate surface area is 176 Å². The smallest absolute Gasteiger partial charge is 0.419 e. The van der Waals surface area contributed by atoms with E-state index in [4.69, 9.17) is 9.15 Å². The maximum atomic E-state index is 12.2. The van der Waals surface area contributed by atoms with Gasteiger partial charge in [0.15, 0.2) is 12.2 Å². The summed E-state index contributed by atoms with van der Waals surface area (Å²) >= 11 is 3.45. The molecule has 0 unspecified atom stereocenters. The number of ether oxygens (including phenoxy) is 1. The molecule has 0 aliphatic rings. The molecule has 0 atom stereocenters. The maximum absolute atomic E-state index is 12.2. The van der Waals surface area contributed by atoms with E-state index in [0.717, 1.165) is 10.0 Å². The molecule has 8 heteroatoms. The van der Waals surface area contributed by atoms with Crippen LogP contribution in [0.3, 0.4) is 0 Å². The number of para-hydroxylation sites is 2. The van der Waals surface area contributed by atoms with Crippen molar-refractivity contribution in [1.82, 2.24) is 9.47 Å². The Balaban J connectivity index is 1.43. The van der Waals surface area contributed by atoms with Crippen molar-refractivity contribution < 1.29 is 18.7 Å². The number of hydrogen-bond acceptors (Lipinski definition) is 5. The van der Waals surface area contributed by atoms with E-state index in [1.807, 2.05) is 30.3 Å². The van der Waals surface area contributed by atoms with Gasteiger partial charge in [0.25, 0.3) is 5.91 Å². The van der Waals surface area contributed by atoms with Crippen LogP contribution in [0.5, 0.6) is 0 Å². The summed E-state index contributed by atoms with van der Waals surface area (Å²) in [6.07, 6.45) is 0.510. The zero-order valence-electron chi connectivity index (χ0n) is 16.0. The van der Waals surface area contributed by atoms with Crippen LogP contribution in [-0.2, 0) is 27.4 Å². The predicted octanol–water partition coefficient (Wildman–Crippen LogP) is 3.34. The summed E-state index contributed by atoms with van der Waals surface area (Å²) in [5, 5.41) is 0. The molecule has 3 aromatic rings. The minimum atomic E-state index is -0.478. The van der Waals surface area contributed by atoms with E-state index < -0.39 is 11.7 Å². The second kappa shape index (κ2) is 9.56. The van der Waals surface area contributed by atoms with Crippen LogP contribution in [0.4, 0.5) is 0 Å². The van der Waals surface area contributed by atoms with Gasteiger partial charge in [-0.2, -0.15) is 0 Å². The van der Waals surface area contributed by atoms with E-state index in [-0.39, 0.29) is 18.9 Å². The molecule has 1 aromatic heterocycles. The summed E-state index contributed by atoms with van der Waals surface area (Å²) in [5.74, 6) is -1.22. The molecule has 0 radical (unpaired) electrons. The lowest BCUT2D eigenvalue weighted by Gasteiger charge is -2.18. The fourth-order valence-electron chi connectivity index (χ4n) is 2.90. The van der Waals surface area contributed by atoms with Crippen molar-refractivity contribution in [3.05, 3.63) is 69.1 Å². The molecule has 3 rings (SSSR count). The van der Waals surface area contributed by atoms with Crippen molar-refractivity contribution in [3.8, 4) is 0 Å². The van der Waals surface area contributed by atoms with E-state index in [0.29, 0.717) is 30.6 Å². The third-order valence-corrected chi connectivity index (χ3v) is 5.26. The summed E-state index contributed by atoms with van der Waals surface area (Å²) in [6.45, 7) is 0.434. The van der Waals surface area contributed by atoms with Gasteiger partial charge in [0, 0.05) is 31.0 Å². The quantitative estimate of drug-likeness (QED) is 0.481. The van der Waals surface area contributed by atoms with Gasteiger partial charge in [0.2, 0.25) is 0 Å². The van der Waals surface area contributed by atoms with Gasteiger partial charge in [-0.25, -0.2) is 4.79 Å². The number of fused-ring (bicyclic) bond motifs is 1. The normalized spacial score (nSPS) is 10.8. The summed E-state index contributed by atoms with van der Waals surface area (Å²) in [6, 6.07) is 14.7. The van der Waals surface area contributed by atoms with Crippen molar-refractivity contribution >= 4 is 38.9 Å². The summed E-state index contributed by atoms with van der Waals surface area (Å²) in [5.41, 5.74) is 2.17. The molecule has 0 saturated carbocycles. The molecule has 0 N–H and O–H groups in total. The molecule has 0 aliphatic heterocycles. The van der Waals surface area contributed by atoms with Crippen LogP contribution in [0.2, 0.25) is 0 Å². The van der Waals surface area contributed by atoms with E-state index in [1.165, 1.54) is 9.47 Å². The monoisotopic (exact) mass is 460 g/mol. The lowest BCUT2D eigenvalue weighted by atomic mass is 10.2. The first kappa shape index (κ1) is 20.9. The van der Waals surface area contributed by atoms with Crippen molar-refractivity contribution in [2.45, 2.75) is 25.9 Å². The number of rotatable bonds is 8. The summed E-state index contributed by atoms with van der Waals surface area (Å²) < 4.78 is 12.6. The van der Waals surface area contributed by atoms with E-state index in [9.17, 15) is 14.4 Å². The number of aryl methyl sites for hydroxylation is 1. The topological polar surface area (TPSA) is 81.8 Å². The molecule has 0 fully saturated rings. The minimum absolute atomic E-state index is 0.104. The average molecular weight is 461 g/mol. The first-order valence-corrected chi connectivity index (χ1v) is 9.96.